The van der Waals surface area contributed by atoms with Crippen molar-refractivity contribution in [3.8, 4) is 5.75 Å². The maximum atomic E-state index is 13.8. The molecule has 7 atom stereocenters. The quantitative estimate of drug-likeness (QED) is 0.419. The molecule has 1 aromatic carbocycles. The minimum absolute atomic E-state index is 0.00997. The number of fused-ring (bicyclic) bond motifs is 11. The molecule has 3 rings (SSSR count). The fraction of sp³-hybridized carbons (Fsp3) is 0.679. The van der Waals surface area contributed by atoms with Gasteiger partial charge in [-0.25, -0.2) is 0 Å². The molecule has 1 aromatic rings. The minimum atomic E-state index is -1.04. The Morgan fingerprint density at radius 2 is 1.70 bits per heavy atom. The number of benzene rings is 1. The summed E-state index contributed by atoms with van der Waals surface area (Å²) in [5.74, 6) is -0.863. The molecule has 9 nitrogen and oxygen atoms in total. The Labute approximate surface area is 221 Å². The molecule has 0 saturated carbocycles. The Balaban J connectivity index is 2.55. The summed E-state index contributed by atoms with van der Waals surface area (Å²) < 4.78 is 6.30. The first-order valence-electron chi connectivity index (χ1n) is 13.4. The van der Waals surface area contributed by atoms with E-state index < -0.39 is 36.2 Å². The average Bonchev–Trinajstić information content (AvgIpc) is 2.86. The van der Waals surface area contributed by atoms with Crippen LogP contribution >= 0.6 is 0 Å². The van der Waals surface area contributed by atoms with E-state index in [0.29, 0.717) is 17.7 Å². The second-order valence-corrected chi connectivity index (χ2v) is 10.8. The Kier molecular flexibility index (Phi) is 11.4. The van der Waals surface area contributed by atoms with Crippen LogP contribution in [-0.2, 0) is 14.4 Å². The van der Waals surface area contributed by atoms with Crippen LogP contribution in [0.3, 0.4) is 0 Å². The van der Waals surface area contributed by atoms with Crippen molar-refractivity contribution in [2.45, 2.75) is 84.7 Å². The number of amides is 3. The Morgan fingerprint density at radius 3 is 2.22 bits per heavy atom. The molecule has 9 heteroatoms. The summed E-state index contributed by atoms with van der Waals surface area (Å²) in [5, 5.41) is 19.2. The van der Waals surface area contributed by atoms with E-state index in [2.05, 4.69) is 16.0 Å². The molecule has 0 spiro atoms. The number of hydrogen-bond donors (Lipinski definition) is 4. The van der Waals surface area contributed by atoms with Gasteiger partial charge in [-0.2, -0.15) is 0 Å². The van der Waals surface area contributed by atoms with Gasteiger partial charge in [0.15, 0.2) is 0 Å². The molecule has 0 aliphatic carbocycles. The van der Waals surface area contributed by atoms with Gasteiger partial charge in [-0.15, -0.1) is 0 Å². The molecule has 37 heavy (non-hydrogen) atoms. The van der Waals surface area contributed by atoms with E-state index in [-0.39, 0.29) is 36.1 Å². The van der Waals surface area contributed by atoms with Gasteiger partial charge in [0.05, 0.1) is 12.1 Å². The average molecular weight is 519 g/mol. The normalized spacial score (nSPS) is 25.5. The lowest BCUT2D eigenvalue weighted by Gasteiger charge is -2.35. The molecule has 0 unspecified atom stereocenters. The fourth-order valence-corrected chi connectivity index (χ4v) is 4.65. The van der Waals surface area contributed by atoms with Crippen LogP contribution < -0.4 is 20.7 Å². The van der Waals surface area contributed by atoms with Gasteiger partial charge in [-0.1, -0.05) is 66.5 Å². The summed E-state index contributed by atoms with van der Waals surface area (Å²) in [4.78, 5) is 42.3. The van der Waals surface area contributed by atoms with E-state index in [1.165, 1.54) is 0 Å². The highest BCUT2D eigenvalue weighted by Gasteiger charge is 2.39. The predicted octanol–water partition coefficient (Wildman–Crippen LogP) is 2.25. The molecule has 0 aromatic heterocycles. The molecule has 2 aliphatic rings. The minimum Gasteiger partial charge on any atom is -0.487 e. The molecular weight excluding hydrogens is 472 g/mol. The van der Waals surface area contributed by atoms with Crippen molar-refractivity contribution >= 4 is 17.7 Å². The number of hydrogen-bond acceptors (Lipinski definition) is 6. The largest absolute Gasteiger partial charge is 0.487 e. The summed E-state index contributed by atoms with van der Waals surface area (Å²) in [7, 11) is 3.69. The molecule has 2 aliphatic heterocycles. The van der Waals surface area contributed by atoms with Crippen LogP contribution in [0.1, 0.15) is 66.1 Å². The Hall–Kier alpha value is -2.65. The second kappa shape index (κ2) is 13.8. The van der Waals surface area contributed by atoms with Crippen molar-refractivity contribution in [1.82, 2.24) is 20.9 Å². The molecule has 0 radical (unpaired) electrons. The number of nitrogens with one attached hydrogen (secondary N) is 3. The highest BCUT2D eigenvalue weighted by atomic mass is 16.5. The van der Waals surface area contributed by atoms with Crippen LogP contribution in [0.2, 0.25) is 0 Å². The maximum Gasteiger partial charge on any atom is 0.247 e. The zero-order valence-corrected chi connectivity index (χ0v) is 23.6. The highest BCUT2D eigenvalue weighted by Crippen LogP contribution is 2.23. The third-order valence-electron chi connectivity index (χ3n) is 7.37. The van der Waals surface area contributed by atoms with E-state index in [1.807, 2.05) is 60.5 Å². The number of aliphatic hydroxyl groups excluding tert-OH is 1. The van der Waals surface area contributed by atoms with Gasteiger partial charge >= 0.3 is 0 Å². The third-order valence-corrected chi connectivity index (χ3v) is 7.37. The van der Waals surface area contributed by atoms with Crippen molar-refractivity contribution < 1.29 is 24.2 Å². The van der Waals surface area contributed by atoms with E-state index in [4.69, 9.17) is 4.74 Å². The Morgan fingerprint density at radius 1 is 1.08 bits per heavy atom. The zero-order valence-electron chi connectivity index (χ0n) is 23.6. The summed E-state index contributed by atoms with van der Waals surface area (Å²) in [6.45, 7) is 11.7. The number of ether oxygens (including phenoxy) is 1. The molecule has 0 saturated heterocycles. The van der Waals surface area contributed by atoms with Crippen LogP contribution in [0.4, 0.5) is 0 Å². The smallest absolute Gasteiger partial charge is 0.247 e. The van der Waals surface area contributed by atoms with Gasteiger partial charge in [0.2, 0.25) is 17.7 Å². The summed E-state index contributed by atoms with van der Waals surface area (Å²) in [6, 6.07) is 4.62. The number of carbonyl (C=O) groups excluding carboxylic acids is 3. The van der Waals surface area contributed by atoms with Gasteiger partial charge in [0, 0.05) is 6.54 Å². The molecule has 4 N–H and O–H groups in total. The van der Waals surface area contributed by atoms with Crippen LogP contribution in [0.15, 0.2) is 24.3 Å². The molecule has 0 fully saturated rings. The van der Waals surface area contributed by atoms with Crippen LogP contribution in [0.5, 0.6) is 5.75 Å². The van der Waals surface area contributed by atoms with Gasteiger partial charge in [0.1, 0.15) is 23.9 Å². The summed E-state index contributed by atoms with van der Waals surface area (Å²) in [5.41, 5.74) is 0.641. The first kappa shape index (κ1) is 30.6. The molecule has 2 bridgehead atoms. The zero-order chi connectivity index (χ0) is 27.9. The first-order valence-corrected chi connectivity index (χ1v) is 13.4. The highest BCUT2D eigenvalue weighted by molar-refractivity contribution is 5.93. The first-order chi connectivity index (χ1) is 17.4. The van der Waals surface area contributed by atoms with Crippen molar-refractivity contribution in [3.63, 3.8) is 0 Å². The van der Waals surface area contributed by atoms with E-state index >= 15 is 0 Å². The molecule has 208 valence electrons. The number of aliphatic hydroxyl groups is 1. The van der Waals surface area contributed by atoms with Gasteiger partial charge in [0.25, 0.3) is 0 Å². The summed E-state index contributed by atoms with van der Waals surface area (Å²) in [6.07, 6.45) is -0.153. The molecule has 3 amide bonds. The van der Waals surface area contributed by atoms with E-state index in [0.717, 1.165) is 6.42 Å². The maximum absolute atomic E-state index is 13.8. The number of rotatable bonds is 8. The van der Waals surface area contributed by atoms with Gasteiger partial charge in [-0.3, -0.25) is 19.3 Å². The predicted molar refractivity (Wildman–Crippen MR) is 144 cm³/mol. The van der Waals surface area contributed by atoms with Gasteiger partial charge in [-0.05, 0) is 49.5 Å². The third kappa shape index (κ3) is 7.92. The van der Waals surface area contributed by atoms with Crippen molar-refractivity contribution in [2.75, 3.05) is 20.6 Å². The van der Waals surface area contributed by atoms with Gasteiger partial charge < -0.3 is 25.8 Å². The lowest BCUT2D eigenvalue weighted by Crippen LogP contribution is -2.63. The van der Waals surface area contributed by atoms with E-state index in [1.54, 1.807) is 24.3 Å². The van der Waals surface area contributed by atoms with Crippen LogP contribution in [0.25, 0.3) is 0 Å². The number of nitrogens with zero attached hydrogens (tertiary/aromatic N) is 1. The molecule has 2 heterocycles. The van der Waals surface area contributed by atoms with Crippen molar-refractivity contribution in [2.24, 2.45) is 17.8 Å². The van der Waals surface area contributed by atoms with Crippen LogP contribution in [0, 0.1) is 17.8 Å². The topological polar surface area (TPSA) is 120 Å². The molecular formula is C28H46N4O5. The fourth-order valence-electron chi connectivity index (χ4n) is 4.65. The Bertz CT molecular complexity index is 904. The monoisotopic (exact) mass is 518 g/mol. The van der Waals surface area contributed by atoms with Crippen molar-refractivity contribution in [1.29, 1.82) is 0 Å². The standard InChI is InChI=1S/C28H46N4O5/c1-9-17(5)22-26(34)29-15-21(33)19-11-13-20(14-12-19)37-25(16(3)4)23(27(35)30-22)31-28(36)24(32(7)8)18(6)10-2/h11-14,16-18,21-25,33H,9-10,15H2,1-8H3,(H,29,34)(H,30,35)(H,31,36)/t17-,18+,21-,22+,23-,24+,25+/m0/s1. The van der Waals surface area contributed by atoms with E-state index in [9.17, 15) is 19.5 Å². The SMILES string of the molecule is CC[C@@H](C)[C@H](C(=O)N[C@@H]1C(=O)N[C@H]([C@@H](C)CC)C(=O)NC[C@H](O)c2ccc(cc2)O[C@@H]1C(C)C)N(C)C. The second-order valence-electron chi connectivity index (χ2n) is 10.8. The number of likely N-dealkylation sites (N-methyl/N-ethyl adjacent to an activating group) is 1. The lowest BCUT2D eigenvalue weighted by atomic mass is 9.93. The van der Waals surface area contributed by atoms with Crippen molar-refractivity contribution in [3.05, 3.63) is 29.8 Å². The van der Waals surface area contributed by atoms with Crippen LogP contribution in [-0.4, -0.2) is 72.6 Å². The lowest BCUT2D eigenvalue weighted by molar-refractivity contribution is -0.137. The summed E-state index contributed by atoms with van der Waals surface area (Å²) >= 11 is 0. The number of carbonyl (C=O) groups is 3.